The zero-order valence-electron chi connectivity index (χ0n) is 16.4. The van der Waals surface area contributed by atoms with Crippen LogP contribution in [0.25, 0.3) is 0 Å². The Labute approximate surface area is 188 Å². The van der Waals surface area contributed by atoms with Crippen molar-refractivity contribution in [2.45, 2.75) is 66.6 Å². The number of esters is 1. The summed E-state index contributed by atoms with van der Waals surface area (Å²) in [6.45, 7) is 0.606. The van der Waals surface area contributed by atoms with Crippen molar-refractivity contribution >= 4 is 5.97 Å². The van der Waals surface area contributed by atoms with Crippen LogP contribution in [0, 0.1) is 0 Å². The topological polar surface area (TPSA) is 26.3 Å². The van der Waals surface area contributed by atoms with E-state index in [1.54, 1.807) is 0 Å². The third-order valence-electron chi connectivity index (χ3n) is 4.03. The SMILES string of the molecule is CC=CC(=O)OC(F)(C(F)(F)F)C(F)(F)C(F)(F)C(F)(F)C(F)(F)C(F)(F)C(F)(F)C(F)(F)C(F)(F)F. The fourth-order valence-corrected chi connectivity index (χ4v) is 1.97. The number of hydrogen-bond acceptors (Lipinski definition) is 2. The first kappa shape index (κ1) is 34.7. The minimum atomic E-state index is -9.25. The number of rotatable bonds is 9. The fraction of sp³-hybridized carbons (Fsp3) is 0.786. The molecule has 1 unspecified atom stereocenters. The molecule has 23 heteroatoms. The van der Waals surface area contributed by atoms with Gasteiger partial charge < -0.3 is 4.74 Å². The van der Waals surface area contributed by atoms with Gasteiger partial charge in [0.15, 0.2) is 0 Å². The van der Waals surface area contributed by atoms with Crippen LogP contribution in [0.4, 0.5) is 92.2 Å². The van der Waals surface area contributed by atoms with Crippen LogP contribution in [-0.4, -0.2) is 65.6 Å². The summed E-state index contributed by atoms with van der Waals surface area (Å²) < 4.78 is 277. The summed E-state index contributed by atoms with van der Waals surface area (Å²) in [5.41, 5.74) is 0. The zero-order valence-corrected chi connectivity index (χ0v) is 16.4. The molecule has 0 radical (unpaired) electrons. The second kappa shape index (κ2) is 8.90. The number of ether oxygens (including phenoxy) is 1. The molecule has 220 valence electrons. The van der Waals surface area contributed by atoms with E-state index in [4.69, 9.17) is 0 Å². The Balaban J connectivity index is 7.26. The first-order valence-electron chi connectivity index (χ1n) is 8.03. The Morgan fingerprint density at radius 1 is 0.459 bits per heavy atom. The molecule has 37 heavy (non-hydrogen) atoms. The van der Waals surface area contributed by atoms with Gasteiger partial charge in [0.25, 0.3) is 0 Å². The molecule has 0 saturated carbocycles. The maximum absolute atomic E-state index is 13.9. The number of halogens is 21. The lowest BCUT2D eigenvalue weighted by Gasteiger charge is -2.44. The van der Waals surface area contributed by atoms with Crippen LogP contribution in [0.15, 0.2) is 12.2 Å². The van der Waals surface area contributed by atoms with E-state index in [0.29, 0.717) is 6.92 Å². The summed E-state index contributed by atoms with van der Waals surface area (Å²) >= 11 is 0. The molecule has 0 aliphatic heterocycles. The highest BCUT2D eigenvalue weighted by molar-refractivity contribution is 5.82. The Morgan fingerprint density at radius 2 is 0.730 bits per heavy atom. The normalized spacial score (nSPS) is 17.7. The summed E-state index contributed by atoms with van der Waals surface area (Å²) in [6.07, 6.45) is -16.2. The zero-order chi connectivity index (χ0) is 30.7. The van der Waals surface area contributed by atoms with Gasteiger partial charge in [-0.3, -0.25) is 0 Å². The van der Waals surface area contributed by atoms with Gasteiger partial charge >= 0.3 is 65.6 Å². The van der Waals surface area contributed by atoms with Crippen molar-refractivity contribution in [3.05, 3.63) is 12.2 Å². The monoisotopic (exact) mass is 604 g/mol. The quantitative estimate of drug-likeness (QED) is 0.157. The van der Waals surface area contributed by atoms with E-state index in [1.807, 2.05) is 0 Å². The van der Waals surface area contributed by atoms with E-state index in [2.05, 4.69) is 4.74 Å². The summed E-state index contributed by atoms with van der Waals surface area (Å²) in [5, 5.41) is 0. The van der Waals surface area contributed by atoms with Crippen molar-refractivity contribution in [2.75, 3.05) is 0 Å². The molecular formula is C14H5F21O2. The van der Waals surface area contributed by atoms with Crippen molar-refractivity contribution < 1.29 is 102 Å². The van der Waals surface area contributed by atoms with E-state index in [-0.39, 0.29) is 6.08 Å². The maximum atomic E-state index is 13.9. The van der Waals surface area contributed by atoms with Crippen LogP contribution < -0.4 is 0 Å². The van der Waals surface area contributed by atoms with E-state index in [1.165, 1.54) is 0 Å². The van der Waals surface area contributed by atoms with E-state index in [0.717, 1.165) is 0 Å². The van der Waals surface area contributed by atoms with Crippen LogP contribution in [-0.2, 0) is 9.53 Å². The van der Waals surface area contributed by atoms with E-state index < -0.39 is 71.7 Å². The molecule has 2 nitrogen and oxygen atoms in total. The predicted octanol–water partition coefficient (Wildman–Crippen LogP) is 7.34. The van der Waals surface area contributed by atoms with E-state index in [9.17, 15) is 97.0 Å². The molecule has 0 fully saturated rings. The van der Waals surface area contributed by atoms with Crippen LogP contribution in [0.1, 0.15) is 6.92 Å². The van der Waals surface area contributed by atoms with Crippen LogP contribution >= 0.6 is 0 Å². The highest BCUT2D eigenvalue weighted by Gasteiger charge is 2.98. The van der Waals surface area contributed by atoms with Crippen molar-refractivity contribution in [1.82, 2.24) is 0 Å². The van der Waals surface area contributed by atoms with Crippen molar-refractivity contribution in [3.8, 4) is 0 Å². The third-order valence-corrected chi connectivity index (χ3v) is 4.03. The third kappa shape index (κ3) is 4.52. The molecule has 0 bridgehead atoms. The summed E-state index contributed by atoms with van der Waals surface area (Å²) in [4.78, 5) is 10.8. The van der Waals surface area contributed by atoms with Gasteiger partial charge in [-0.05, 0) is 6.92 Å². The molecule has 0 amide bonds. The van der Waals surface area contributed by atoms with Gasteiger partial charge in [-0.15, -0.1) is 0 Å². The lowest BCUT2D eigenvalue weighted by molar-refractivity contribution is -0.484. The molecule has 0 aromatic rings. The minimum absolute atomic E-state index is 0.182. The number of carbonyl (C=O) groups is 1. The van der Waals surface area contributed by atoms with E-state index >= 15 is 0 Å². The van der Waals surface area contributed by atoms with Crippen molar-refractivity contribution in [1.29, 1.82) is 0 Å². The van der Waals surface area contributed by atoms with Gasteiger partial charge in [-0.25, -0.2) is 4.79 Å². The lowest BCUT2D eigenvalue weighted by atomic mass is 9.87. The maximum Gasteiger partial charge on any atom is 0.467 e. The molecule has 0 aromatic heterocycles. The Bertz CT molecular complexity index is 879. The molecular weight excluding hydrogens is 599 g/mol. The Hall–Kier alpha value is -2.26. The standard InChI is InChI=1S/C14H5F21O2/c1-2-3-4(36)37-12(29,14(33,34)35)10(25,26)8(21,22)6(17,18)5(15,16)7(19,20)9(23,24)11(27,28)13(30,31)32/h2-3H,1H3. The minimum Gasteiger partial charge on any atom is -0.411 e. The average molecular weight is 604 g/mol. The molecule has 0 saturated heterocycles. The summed E-state index contributed by atoms with van der Waals surface area (Å²) in [7, 11) is 0. The van der Waals surface area contributed by atoms with Gasteiger partial charge in [0, 0.05) is 6.08 Å². The molecule has 0 spiro atoms. The largest absolute Gasteiger partial charge is 0.467 e. The molecule has 1 atom stereocenters. The average Bonchev–Trinajstić information content (AvgIpc) is 2.65. The van der Waals surface area contributed by atoms with Gasteiger partial charge in [-0.1, -0.05) is 6.08 Å². The number of carbonyl (C=O) groups excluding carboxylic acids is 1. The Kier molecular flexibility index (Phi) is 8.36. The van der Waals surface area contributed by atoms with Crippen LogP contribution in [0.2, 0.25) is 0 Å². The lowest BCUT2D eigenvalue weighted by Crippen LogP contribution is -2.77. The van der Waals surface area contributed by atoms with Gasteiger partial charge in [0.2, 0.25) is 0 Å². The number of allylic oxidation sites excluding steroid dienone is 1. The molecule has 0 aliphatic rings. The fourth-order valence-electron chi connectivity index (χ4n) is 1.97. The first-order valence-corrected chi connectivity index (χ1v) is 8.03. The summed E-state index contributed by atoms with van der Waals surface area (Å²) in [6, 6.07) is 0. The highest BCUT2D eigenvalue weighted by atomic mass is 19.4. The first-order chi connectivity index (χ1) is 15.7. The second-order valence-corrected chi connectivity index (χ2v) is 6.53. The number of hydrogen-bond donors (Lipinski definition) is 0. The van der Waals surface area contributed by atoms with Gasteiger partial charge in [-0.2, -0.15) is 92.2 Å². The molecule has 0 heterocycles. The smallest absolute Gasteiger partial charge is 0.411 e. The van der Waals surface area contributed by atoms with Gasteiger partial charge in [0.1, 0.15) is 0 Å². The predicted molar refractivity (Wildman–Crippen MR) is 71.5 cm³/mol. The van der Waals surface area contributed by atoms with Crippen LogP contribution in [0.3, 0.4) is 0 Å². The number of alkyl halides is 21. The second-order valence-electron chi connectivity index (χ2n) is 6.53. The Morgan fingerprint density at radius 3 is 0.973 bits per heavy atom. The van der Waals surface area contributed by atoms with Crippen LogP contribution in [0.5, 0.6) is 0 Å². The molecule has 0 aliphatic carbocycles. The summed E-state index contributed by atoms with van der Waals surface area (Å²) in [5.74, 6) is -73.8. The van der Waals surface area contributed by atoms with Crippen molar-refractivity contribution in [3.63, 3.8) is 0 Å². The highest BCUT2D eigenvalue weighted by Crippen LogP contribution is 2.66. The van der Waals surface area contributed by atoms with Gasteiger partial charge in [0.05, 0.1) is 0 Å². The molecule has 0 rings (SSSR count). The molecule has 0 aromatic carbocycles. The molecule has 0 N–H and O–H groups in total. The van der Waals surface area contributed by atoms with Crippen molar-refractivity contribution in [2.24, 2.45) is 0 Å².